The normalized spacial score (nSPS) is 18.0. The van der Waals surface area contributed by atoms with Gasteiger partial charge in [0.2, 0.25) is 5.91 Å². The summed E-state index contributed by atoms with van der Waals surface area (Å²) in [6.07, 6.45) is 1.56. The predicted molar refractivity (Wildman–Crippen MR) is 116 cm³/mol. The number of aromatic nitrogens is 1. The van der Waals surface area contributed by atoms with Crippen LogP contribution in [-0.4, -0.2) is 34.3 Å². The Morgan fingerprint density at radius 2 is 1.61 bits per heavy atom. The first kappa shape index (κ1) is 20.3. The minimum absolute atomic E-state index is 0.324. The highest BCUT2D eigenvalue weighted by Gasteiger charge is 2.50. The van der Waals surface area contributed by atoms with E-state index in [1.807, 2.05) is 60.7 Å². The molecule has 7 heteroatoms. The summed E-state index contributed by atoms with van der Waals surface area (Å²) in [5.41, 5.74) is 0.744. The Balaban J connectivity index is 1.58. The maximum absolute atomic E-state index is 13.3. The Morgan fingerprint density at radius 1 is 0.968 bits per heavy atom. The molecule has 4 amide bonds. The summed E-state index contributed by atoms with van der Waals surface area (Å²) in [5, 5.41) is 2.68. The number of anilines is 1. The lowest BCUT2D eigenvalue weighted by Crippen LogP contribution is -2.44. The molecule has 156 valence electrons. The van der Waals surface area contributed by atoms with E-state index < -0.39 is 17.5 Å². The van der Waals surface area contributed by atoms with Crippen LogP contribution in [0.4, 0.5) is 10.5 Å². The van der Waals surface area contributed by atoms with Gasteiger partial charge in [-0.25, -0.2) is 4.79 Å². The summed E-state index contributed by atoms with van der Waals surface area (Å²) in [6, 6.07) is 23.3. The number of benzene rings is 2. The number of pyridine rings is 1. The number of para-hydroxylation sites is 1. The van der Waals surface area contributed by atoms with Crippen molar-refractivity contribution in [2.24, 2.45) is 0 Å². The topological polar surface area (TPSA) is 82.6 Å². The van der Waals surface area contributed by atoms with Gasteiger partial charge in [-0.15, -0.1) is 0 Å². The number of nitrogens with one attached hydrogen (secondary N) is 1. The zero-order valence-electron chi connectivity index (χ0n) is 17.1. The molecule has 1 atom stereocenters. The molecule has 1 aliphatic rings. The molecule has 1 fully saturated rings. The molecule has 1 unspecified atom stereocenters. The van der Waals surface area contributed by atoms with Crippen LogP contribution in [0, 0.1) is 0 Å². The molecule has 7 nitrogen and oxygen atoms in total. The number of imide groups is 1. The molecule has 0 radical (unpaired) electrons. The Bertz CT molecular complexity index is 1090. The minimum atomic E-state index is -1.31. The first-order valence-corrected chi connectivity index (χ1v) is 9.94. The van der Waals surface area contributed by atoms with Gasteiger partial charge in [0.05, 0.1) is 12.2 Å². The third-order valence-corrected chi connectivity index (χ3v) is 5.30. The molecule has 31 heavy (non-hydrogen) atoms. The number of hydrogen-bond donors (Lipinski definition) is 1. The molecule has 0 aliphatic carbocycles. The standard InChI is InChI=1S/C24H22N4O3/c1-24(20-14-8-9-15-25-20)22(30)28(23(31)26-24)17-21(29)27(19-12-6-3-7-13-19)16-18-10-4-2-5-11-18/h2-15H,16-17H2,1H3,(H,26,31). The first-order chi connectivity index (χ1) is 15.0. The van der Waals surface area contributed by atoms with Crippen molar-refractivity contribution < 1.29 is 14.4 Å². The monoisotopic (exact) mass is 414 g/mol. The first-order valence-electron chi connectivity index (χ1n) is 9.94. The summed E-state index contributed by atoms with van der Waals surface area (Å²) in [6.45, 7) is 1.55. The van der Waals surface area contributed by atoms with Gasteiger partial charge in [-0.3, -0.25) is 19.5 Å². The molecule has 1 aliphatic heterocycles. The fraction of sp³-hybridized carbons (Fsp3) is 0.167. The van der Waals surface area contributed by atoms with Gasteiger partial charge in [0.25, 0.3) is 5.91 Å². The lowest BCUT2D eigenvalue weighted by Gasteiger charge is -2.25. The highest BCUT2D eigenvalue weighted by molar-refractivity contribution is 6.10. The van der Waals surface area contributed by atoms with Crippen LogP contribution in [0.15, 0.2) is 85.1 Å². The van der Waals surface area contributed by atoms with E-state index in [9.17, 15) is 14.4 Å². The van der Waals surface area contributed by atoms with Crippen LogP contribution in [0.5, 0.6) is 0 Å². The second-order valence-corrected chi connectivity index (χ2v) is 7.46. The third-order valence-electron chi connectivity index (χ3n) is 5.30. The Morgan fingerprint density at radius 3 is 2.26 bits per heavy atom. The smallest absolute Gasteiger partial charge is 0.318 e. The number of rotatable bonds is 6. The highest BCUT2D eigenvalue weighted by Crippen LogP contribution is 2.27. The van der Waals surface area contributed by atoms with Crippen LogP contribution in [0.2, 0.25) is 0 Å². The molecule has 0 bridgehead atoms. The number of hydrogen-bond acceptors (Lipinski definition) is 4. The lowest BCUT2D eigenvalue weighted by atomic mass is 9.97. The van der Waals surface area contributed by atoms with Gasteiger partial charge in [-0.05, 0) is 36.8 Å². The van der Waals surface area contributed by atoms with Gasteiger partial charge in [-0.2, -0.15) is 0 Å². The number of urea groups is 1. The van der Waals surface area contributed by atoms with Crippen LogP contribution in [0.25, 0.3) is 0 Å². The van der Waals surface area contributed by atoms with E-state index in [2.05, 4.69) is 10.3 Å². The fourth-order valence-corrected chi connectivity index (χ4v) is 3.59. The SMILES string of the molecule is CC1(c2ccccn2)NC(=O)N(CC(=O)N(Cc2ccccc2)c2ccccc2)C1=O. The van der Waals surface area contributed by atoms with E-state index in [1.165, 1.54) is 0 Å². The molecule has 4 rings (SSSR count). The molecule has 1 aromatic heterocycles. The molecule has 2 heterocycles. The van der Waals surface area contributed by atoms with Crippen molar-refractivity contribution in [2.75, 3.05) is 11.4 Å². The molecule has 0 saturated carbocycles. The Hall–Kier alpha value is -4.00. The molecule has 0 spiro atoms. The van der Waals surface area contributed by atoms with E-state index in [0.717, 1.165) is 10.5 Å². The van der Waals surface area contributed by atoms with Gasteiger partial charge in [-0.1, -0.05) is 54.6 Å². The van der Waals surface area contributed by atoms with Crippen molar-refractivity contribution in [3.63, 3.8) is 0 Å². The third kappa shape index (κ3) is 4.02. The quantitative estimate of drug-likeness (QED) is 0.629. The Kier molecular flexibility index (Phi) is 5.49. The second-order valence-electron chi connectivity index (χ2n) is 7.46. The summed E-state index contributed by atoms with van der Waals surface area (Å²) in [4.78, 5) is 45.8. The molecule has 2 aromatic carbocycles. The molecular weight excluding hydrogens is 392 g/mol. The summed E-state index contributed by atoms with van der Waals surface area (Å²) >= 11 is 0. The fourth-order valence-electron chi connectivity index (χ4n) is 3.59. The number of nitrogens with zero attached hydrogens (tertiary/aromatic N) is 3. The van der Waals surface area contributed by atoms with Crippen molar-refractivity contribution in [2.45, 2.75) is 19.0 Å². The minimum Gasteiger partial charge on any atom is -0.318 e. The van der Waals surface area contributed by atoms with Gasteiger partial charge < -0.3 is 10.2 Å². The zero-order valence-corrected chi connectivity index (χ0v) is 17.1. The van der Waals surface area contributed by atoms with E-state index >= 15 is 0 Å². The van der Waals surface area contributed by atoms with Crippen LogP contribution < -0.4 is 10.2 Å². The molecule has 3 aromatic rings. The number of carbonyl (C=O) groups excluding carboxylic acids is 3. The molecule has 1 saturated heterocycles. The van der Waals surface area contributed by atoms with Crippen molar-refractivity contribution in [3.05, 3.63) is 96.3 Å². The van der Waals surface area contributed by atoms with Crippen LogP contribution in [0.1, 0.15) is 18.2 Å². The maximum atomic E-state index is 13.3. The van der Waals surface area contributed by atoms with Gasteiger partial charge in [0.1, 0.15) is 6.54 Å². The molecule has 1 N–H and O–H groups in total. The maximum Gasteiger partial charge on any atom is 0.325 e. The summed E-state index contributed by atoms with van der Waals surface area (Å²) in [5.74, 6) is -0.860. The van der Waals surface area contributed by atoms with Gasteiger partial charge in [0.15, 0.2) is 5.54 Å². The summed E-state index contributed by atoms with van der Waals surface area (Å²) in [7, 11) is 0. The van der Waals surface area contributed by atoms with Crippen molar-refractivity contribution in [1.29, 1.82) is 0 Å². The average molecular weight is 414 g/mol. The van der Waals surface area contributed by atoms with Crippen LogP contribution >= 0.6 is 0 Å². The number of carbonyl (C=O) groups is 3. The zero-order chi connectivity index (χ0) is 21.8. The average Bonchev–Trinajstić information content (AvgIpc) is 3.03. The van der Waals surface area contributed by atoms with E-state index in [1.54, 1.807) is 36.2 Å². The van der Waals surface area contributed by atoms with Crippen LogP contribution in [-0.2, 0) is 21.7 Å². The lowest BCUT2D eigenvalue weighted by molar-refractivity contribution is -0.134. The van der Waals surface area contributed by atoms with E-state index in [4.69, 9.17) is 0 Å². The molecular formula is C24H22N4O3. The Labute approximate surface area is 180 Å². The highest BCUT2D eigenvalue weighted by atomic mass is 16.2. The van der Waals surface area contributed by atoms with Crippen molar-refractivity contribution in [3.8, 4) is 0 Å². The van der Waals surface area contributed by atoms with Crippen LogP contribution in [0.3, 0.4) is 0 Å². The van der Waals surface area contributed by atoms with E-state index in [0.29, 0.717) is 17.9 Å². The predicted octanol–water partition coefficient (Wildman–Crippen LogP) is 3.08. The van der Waals surface area contributed by atoms with Gasteiger partial charge in [0, 0.05) is 11.9 Å². The second kappa shape index (κ2) is 8.39. The van der Waals surface area contributed by atoms with Crippen molar-refractivity contribution in [1.82, 2.24) is 15.2 Å². The number of amides is 4. The largest absolute Gasteiger partial charge is 0.325 e. The van der Waals surface area contributed by atoms with Crippen molar-refractivity contribution >= 4 is 23.5 Å². The summed E-state index contributed by atoms with van der Waals surface area (Å²) < 4.78 is 0. The van der Waals surface area contributed by atoms with E-state index in [-0.39, 0.29) is 12.5 Å². The van der Waals surface area contributed by atoms with Gasteiger partial charge >= 0.3 is 6.03 Å².